The fourth-order valence-electron chi connectivity index (χ4n) is 1.91. The number of aromatic nitrogens is 3. The van der Waals surface area contributed by atoms with Crippen LogP contribution in [0.25, 0.3) is 11.4 Å². The lowest BCUT2D eigenvalue weighted by atomic mass is 10.1. The van der Waals surface area contributed by atoms with E-state index in [-0.39, 0.29) is 6.04 Å². The van der Waals surface area contributed by atoms with Crippen molar-refractivity contribution in [2.75, 3.05) is 5.32 Å². The van der Waals surface area contributed by atoms with Crippen molar-refractivity contribution in [2.24, 2.45) is 0 Å². The molecule has 0 saturated carbocycles. The van der Waals surface area contributed by atoms with Crippen molar-refractivity contribution in [3.05, 3.63) is 60.4 Å². The summed E-state index contributed by atoms with van der Waals surface area (Å²) in [5, 5.41) is 4.19. The lowest BCUT2D eigenvalue weighted by molar-refractivity contribution is 0.878. The third-order valence-electron chi connectivity index (χ3n) is 3.00. The van der Waals surface area contributed by atoms with Crippen LogP contribution >= 0.6 is 11.5 Å². The Bertz CT molecular complexity index is 667. The van der Waals surface area contributed by atoms with Gasteiger partial charge < -0.3 is 5.32 Å². The zero-order valence-electron chi connectivity index (χ0n) is 11.0. The van der Waals surface area contributed by atoms with Gasteiger partial charge in [-0.3, -0.25) is 4.98 Å². The van der Waals surface area contributed by atoms with Crippen LogP contribution in [0.2, 0.25) is 0 Å². The van der Waals surface area contributed by atoms with E-state index in [1.165, 1.54) is 17.1 Å². The molecule has 0 aliphatic carbocycles. The number of hydrogen-bond donors (Lipinski definition) is 1. The van der Waals surface area contributed by atoms with Gasteiger partial charge in [0.15, 0.2) is 5.82 Å². The molecular formula is C15H14N4S. The summed E-state index contributed by atoms with van der Waals surface area (Å²) >= 11 is 1.38. The summed E-state index contributed by atoms with van der Waals surface area (Å²) in [5.74, 6) is 0.764. The molecule has 20 heavy (non-hydrogen) atoms. The normalized spacial score (nSPS) is 12.1. The average molecular weight is 282 g/mol. The van der Waals surface area contributed by atoms with E-state index in [9.17, 15) is 0 Å². The minimum absolute atomic E-state index is 0.176. The van der Waals surface area contributed by atoms with E-state index >= 15 is 0 Å². The van der Waals surface area contributed by atoms with Crippen molar-refractivity contribution in [2.45, 2.75) is 13.0 Å². The highest BCUT2D eigenvalue weighted by Gasteiger charge is 2.10. The van der Waals surface area contributed by atoms with Gasteiger partial charge in [0.25, 0.3) is 0 Å². The molecule has 3 aromatic rings. The van der Waals surface area contributed by atoms with Gasteiger partial charge in [-0.25, -0.2) is 0 Å². The van der Waals surface area contributed by atoms with E-state index in [1.54, 1.807) is 12.4 Å². The summed E-state index contributed by atoms with van der Waals surface area (Å²) in [6.45, 7) is 2.10. The first-order valence-corrected chi connectivity index (χ1v) is 7.16. The second-order valence-electron chi connectivity index (χ2n) is 4.44. The molecule has 1 aromatic carbocycles. The Morgan fingerprint density at radius 1 is 1.05 bits per heavy atom. The third-order valence-corrected chi connectivity index (χ3v) is 3.65. The molecule has 0 fully saturated rings. The highest BCUT2D eigenvalue weighted by molar-refractivity contribution is 7.09. The number of nitrogens with zero attached hydrogens (tertiary/aromatic N) is 3. The summed E-state index contributed by atoms with van der Waals surface area (Å²) < 4.78 is 4.39. The molecule has 1 unspecified atom stereocenters. The maximum atomic E-state index is 4.53. The smallest absolute Gasteiger partial charge is 0.203 e. The van der Waals surface area contributed by atoms with Gasteiger partial charge in [-0.2, -0.15) is 9.36 Å². The molecule has 0 amide bonds. The molecule has 0 spiro atoms. The number of pyridine rings is 1. The average Bonchev–Trinajstić information content (AvgIpc) is 2.97. The van der Waals surface area contributed by atoms with Crippen LogP contribution in [0.3, 0.4) is 0 Å². The Labute approximate surface area is 121 Å². The van der Waals surface area contributed by atoms with Crippen molar-refractivity contribution in [3.63, 3.8) is 0 Å². The monoisotopic (exact) mass is 282 g/mol. The van der Waals surface area contributed by atoms with Gasteiger partial charge in [-0.15, -0.1) is 0 Å². The van der Waals surface area contributed by atoms with E-state index < -0.39 is 0 Å². The molecular weight excluding hydrogens is 268 g/mol. The Balaban J connectivity index is 1.75. The lowest BCUT2D eigenvalue weighted by Gasteiger charge is -2.12. The summed E-state index contributed by atoms with van der Waals surface area (Å²) in [7, 11) is 0. The fraction of sp³-hybridized carbons (Fsp3) is 0.133. The van der Waals surface area contributed by atoms with Crippen LogP contribution < -0.4 is 5.32 Å². The van der Waals surface area contributed by atoms with Gasteiger partial charge in [0.1, 0.15) is 0 Å². The summed E-state index contributed by atoms with van der Waals surface area (Å²) in [4.78, 5) is 8.55. The summed E-state index contributed by atoms with van der Waals surface area (Å²) in [5.41, 5.74) is 2.21. The Hall–Kier alpha value is -2.27. The molecule has 5 heteroatoms. The van der Waals surface area contributed by atoms with E-state index in [1.807, 2.05) is 42.5 Å². The van der Waals surface area contributed by atoms with Crippen LogP contribution in [0.4, 0.5) is 5.13 Å². The van der Waals surface area contributed by atoms with Crippen molar-refractivity contribution in [1.29, 1.82) is 0 Å². The number of rotatable bonds is 4. The Morgan fingerprint density at radius 3 is 2.55 bits per heavy atom. The maximum absolute atomic E-state index is 4.53. The number of nitrogens with one attached hydrogen (secondary N) is 1. The SMILES string of the molecule is CC(Nc1nc(-c2ccccc2)ns1)c1ccncc1. The van der Waals surface area contributed by atoms with Gasteiger partial charge in [0.2, 0.25) is 5.13 Å². The van der Waals surface area contributed by atoms with Crippen LogP contribution in [0, 0.1) is 0 Å². The second kappa shape index (κ2) is 5.79. The highest BCUT2D eigenvalue weighted by atomic mass is 32.1. The van der Waals surface area contributed by atoms with Crippen LogP contribution in [0.5, 0.6) is 0 Å². The topological polar surface area (TPSA) is 50.7 Å². The molecule has 1 N–H and O–H groups in total. The van der Waals surface area contributed by atoms with Crippen LogP contribution in [-0.2, 0) is 0 Å². The molecule has 2 aromatic heterocycles. The van der Waals surface area contributed by atoms with Gasteiger partial charge in [0.05, 0.1) is 6.04 Å². The maximum Gasteiger partial charge on any atom is 0.203 e. The molecule has 0 radical (unpaired) electrons. The summed E-state index contributed by atoms with van der Waals surface area (Å²) in [6, 6.07) is 14.2. The van der Waals surface area contributed by atoms with Gasteiger partial charge in [0, 0.05) is 29.5 Å². The molecule has 0 aliphatic heterocycles. The molecule has 100 valence electrons. The van der Waals surface area contributed by atoms with Crippen LogP contribution in [0.15, 0.2) is 54.9 Å². The van der Waals surface area contributed by atoms with E-state index in [0.29, 0.717) is 0 Å². The standard InChI is InChI=1S/C15H14N4S/c1-11(12-7-9-16-10-8-12)17-15-18-14(19-20-15)13-5-3-2-4-6-13/h2-11H,1H3,(H,17,18,19). The summed E-state index contributed by atoms with van der Waals surface area (Å²) in [6.07, 6.45) is 3.59. The minimum Gasteiger partial charge on any atom is -0.354 e. The molecule has 1 atom stereocenters. The third kappa shape index (κ3) is 2.83. The van der Waals surface area contributed by atoms with E-state index in [0.717, 1.165) is 16.5 Å². The molecule has 0 saturated heterocycles. The minimum atomic E-state index is 0.176. The van der Waals surface area contributed by atoms with Crippen molar-refractivity contribution >= 4 is 16.7 Å². The molecule has 0 aliphatic rings. The van der Waals surface area contributed by atoms with E-state index in [2.05, 4.69) is 26.6 Å². The van der Waals surface area contributed by atoms with Crippen molar-refractivity contribution in [3.8, 4) is 11.4 Å². The first-order chi connectivity index (χ1) is 9.83. The van der Waals surface area contributed by atoms with E-state index in [4.69, 9.17) is 0 Å². The Kier molecular flexibility index (Phi) is 3.69. The van der Waals surface area contributed by atoms with Crippen molar-refractivity contribution < 1.29 is 0 Å². The number of anilines is 1. The molecule has 0 bridgehead atoms. The quantitative estimate of drug-likeness (QED) is 0.791. The van der Waals surface area contributed by atoms with Gasteiger partial charge >= 0.3 is 0 Å². The zero-order chi connectivity index (χ0) is 13.8. The predicted octanol–water partition coefficient (Wildman–Crippen LogP) is 3.77. The predicted molar refractivity (Wildman–Crippen MR) is 81.6 cm³/mol. The van der Waals surface area contributed by atoms with Gasteiger partial charge in [-0.05, 0) is 24.6 Å². The van der Waals surface area contributed by atoms with Crippen LogP contribution in [-0.4, -0.2) is 14.3 Å². The number of hydrogen-bond acceptors (Lipinski definition) is 5. The second-order valence-corrected chi connectivity index (χ2v) is 5.19. The van der Waals surface area contributed by atoms with Gasteiger partial charge in [-0.1, -0.05) is 30.3 Å². The molecule has 3 rings (SSSR count). The van der Waals surface area contributed by atoms with Crippen molar-refractivity contribution in [1.82, 2.24) is 14.3 Å². The first-order valence-electron chi connectivity index (χ1n) is 6.38. The zero-order valence-corrected chi connectivity index (χ0v) is 11.8. The number of benzene rings is 1. The molecule has 4 nitrogen and oxygen atoms in total. The van der Waals surface area contributed by atoms with Crippen LogP contribution in [0.1, 0.15) is 18.5 Å². The first kappa shape index (κ1) is 12.7. The lowest BCUT2D eigenvalue weighted by Crippen LogP contribution is -2.06. The fourth-order valence-corrected chi connectivity index (χ4v) is 2.58. The Morgan fingerprint density at radius 2 is 1.80 bits per heavy atom. The largest absolute Gasteiger partial charge is 0.354 e. The molecule has 2 heterocycles. The highest BCUT2D eigenvalue weighted by Crippen LogP contribution is 2.24.